The quantitative estimate of drug-likeness (QED) is 0.548. The van der Waals surface area contributed by atoms with Gasteiger partial charge in [-0.3, -0.25) is 4.79 Å². The lowest BCUT2D eigenvalue weighted by molar-refractivity contribution is 0.102. The first kappa shape index (κ1) is 21.1. The maximum Gasteiger partial charge on any atom is 0.255 e. The molecule has 0 saturated carbocycles. The van der Waals surface area contributed by atoms with E-state index in [0.29, 0.717) is 16.8 Å². The molecule has 29 heavy (non-hydrogen) atoms. The number of carbonyl (C=O) groups excluding carboxylic acids is 1. The molecule has 0 unspecified atom stereocenters. The fraction of sp³-hybridized carbons (Fsp3) is 0.136. The van der Waals surface area contributed by atoms with Crippen LogP contribution in [0.25, 0.3) is 0 Å². The van der Waals surface area contributed by atoms with Gasteiger partial charge < -0.3 is 5.32 Å². The SMILES string of the molecule is CSc1ccc(NC(=O)c2cc(S(=O)(=O)NCc3ccccc3)ccc2C)cc1. The van der Waals surface area contributed by atoms with Crippen molar-refractivity contribution in [3.63, 3.8) is 0 Å². The lowest BCUT2D eigenvalue weighted by atomic mass is 10.1. The third-order valence-electron chi connectivity index (χ3n) is 4.42. The number of carbonyl (C=O) groups is 1. The second-order valence-corrected chi connectivity index (χ2v) is 9.12. The first-order valence-corrected chi connectivity index (χ1v) is 11.7. The van der Waals surface area contributed by atoms with E-state index in [2.05, 4.69) is 10.0 Å². The number of hydrogen-bond acceptors (Lipinski definition) is 4. The van der Waals surface area contributed by atoms with Crippen LogP contribution in [0.2, 0.25) is 0 Å². The molecular formula is C22H22N2O3S2. The van der Waals surface area contributed by atoms with Crippen molar-refractivity contribution < 1.29 is 13.2 Å². The molecule has 1 amide bonds. The molecule has 0 bridgehead atoms. The number of aryl methyl sites for hydroxylation is 1. The minimum absolute atomic E-state index is 0.0573. The highest BCUT2D eigenvalue weighted by Crippen LogP contribution is 2.20. The number of thioether (sulfide) groups is 1. The molecular weight excluding hydrogens is 404 g/mol. The highest BCUT2D eigenvalue weighted by molar-refractivity contribution is 7.98. The van der Waals surface area contributed by atoms with Gasteiger partial charge in [0.1, 0.15) is 0 Å². The number of anilines is 1. The zero-order chi connectivity index (χ0) is 20.9. The van der Waals surface area contributed by atoms with Crippen LogP contribution in [-0.4, -0.2) is 20.6 Å². The molecule has 3 rings (SSSR count). The van der Waals surface area contributed by atoms with Crippen LogP contribution in [0.15, 0.2) is 82.6 Å². The fourth-order valence-electron chi connectivity index (χ4n) is 2.74. The largest absolute Gasteiger partial charge is 0.322 e. The lowest BCUT2D eigenvalue weighted by Gasteiger charge is -2.11. The van der Waals surface area contributed by atoms with Crippen molar-refractivity contribution in [1.82, 2.24) is 4.72 Å². The molecule has 0 aliphatic heterocycles. The Hall–Kier alpha value is -2.61. The summed E-state index contributed by atoms with van der Waals surface area (Å²) in [5.41, 5.74) is 2.53. The maximum absolute atomic E-state index is 12.7. The highest BCUT2D eigenvalue weighted by Gasteiger charge is 2.18. The molecule has 3 aromatic rings. The Labute approximate surface area is 175 Å². The zero-order valence-corrected chi connectivity index (χ0v) is 17.8. The molecule has 0 atom stereocenters. The van der Waals surface area contributed by atoms with E-state index in [1.54, 1.807) is 24.8 Å². The number of amides is 1. The van der Waals surface area contributed by atoms with E-state index >= 15 is 0 Å². The van der Waals surface area contributed by atoms with E-state index in [1.165, 1.54) is 12.1 Å². The Balaban J connectivity index is 1.78. The van der Waals surface area contributed by atoms with Crippen molar-refractivity contribution in [2.75, 3.05) is 11.6 Å². The first-order chi connectivity index (χ1) is 13.9. The van der Waals surface area contributed by atoms with Crippen molar-refractivity contribution in [3.05, 3.63) is 89.5 Å². The Morgan fingerprint density at radius 2 is 1.66 bits per heavy atom. The summed E-state index contributed by atoms with van der Waals surface area (Å²) in [6.07, 6.45) is 1.98. The van der Waals surface area contributed by atoms with E-state index in [1.807, 2.05) is 60.9 Å². The molecule has 0 aliphatic rings. The van der Waals surface area contributed by atoms with Gasteiger partial charge in [0.05, 0.1) is 4.90 Å². The van der Waals surface area contributed by atoms with Gasteiger partial charge in [0.2, 0.25) is 10.0 Å². The third kappa shape index (κ3) is 5.47. The summed E-state index contributed by atoms with van der Waals surface area (Å²) in [4.78, 5) is 13.9. The van der Waals surface area contributed by atoms with Gasteiger partial charge in [0, 0.05) is 22.7 Å². The van der Waals surface area contributed by atoms with Gasteiger partial charge in [0.15, 0.2) is 0 Å². The minimum atomic E-state index is -3.75. The monoisotopic (exact) mass is 426 g/mol. The van der Waals surface area contributed by atoms with Gasteiger partial charge >= 0.3 is 0 Å². The van der Waals surface area contributed by atoms with Crippen LogP contribution >= 0.6 is 11.8 Å². The predicted molar refractivity (Wildman–Crippen MR) is 118 cm³/mol. The second kappa shape index (κ2) is 9.26. The van der Waals surface area contributed by atoms with Crippen LogP contribution in [0.1, 0.15) is 21.5 Å². The maximum atomic E-state index is 12.7. The van der Waals surface area contributed by atoms with Gasteiger partial charge in [-0.15, -0.1) is 11.8 Å². The molecule has 0 heterocycles. The van der Waals surface area contributed by atoms with Gasteiger partial charge in [-0.1, -0.05) is 36.4 Å². The number of benzene rings is 3. The normalized spacial score (nSPS) is 11.2. The molecule has 2 N–H and O–H groups in total. The van der Waals surface area contributed by atoms with Crippen molar-refractivity contribution in [2.24, 2.45) is 0 Å². The molecule has 150 valence electrons. The van der Waals surface area contributed by atoms with Gasteiger partial charge in [0.25, 0.3) is 5.91 Å². The summed E-state index contributed by atoms with van der Waals surface area (Å²) in [6, 6.07) is 21.3. The third-order valence-corrected chi connectivity index (χ3v) is 6.56. The van der Waals surface area contributed by atoms with Crippen LogP contribution in [0, 0.1) is 6.92 Å². The van der Waals surface area contributed by atoms with Crippen molar-refractivity contribution in [1.29, 1.82) is 0 Å². The Morgan fingerprint density at radius 1 is 0.966 bits per heavy atom. The predicted octanol–water partition coefficient (Wildman–Crippen LogP) is 4.45. The average Bonchev–Trinajstić information content (AvgIpc) is 2.74. The fourth-order valence-corrected chi connectivity index (χ4v) is 4.20. The molecule has 0 saturated heterocycles. The topological polar surface area (TPSA) is 75.3 Å². The van der Waals surface area contributed by atoms with Crippen LogP contribution in [0.4, 0.5) is 5.69 Å². The van der Waals surface area contributed by atoms with E-state index in [-0.39, 0.29) is 17.3 Å². The Morgan fingerprint density at radius 3 is 2.31 bits per heavy atom. The molecule has 0 radical (unpaired) electrons. The van der Waals surface area contributed by atoms with Crippen molar-refractivity contribution >= 4 is 33.4 Å². The van der Waals surface area contributed by atoms with Gasteiger partial charge in [-0.05, 0) is 60.7 Å². The summed E-state index contributed by atoms with van der Waals surface area (Å²) in [6.45, 7) is 1.96. The summed E-state index contributed by atoms with van der Waals surface area (Å²) >= 11 is 1.62. The summed E-state index contributed by atoms with van der Waals surface area (Å²) in [5, 5.41) is 2.82. The molecule has 0 fully saturated rings. The number of rotatable bonds is 7. The minimum Gasteiger partial charge on any atom is -0.322 e. The summed E-state index contributed by atoms with van der Waals surface area (Å²) in [5.74, 6) is -0.348. The molecule has 0 aliphatic carbocycles. The van der Waals surface area contributed by atoms with E-state index < -0.39 is 10.0 Å². The van der Waals surface area contributed by atoms with Crippen LogP contribution < -0.4 is 10.0 Å². The number of sulfonamides is 1. The van der Waals surface area contributed by atoms with Crippen LogP contribution in [0.3, 0.4) is 0 Å². The Kier molecular flexibility index (Phi) is 6.74. The van der Waals surface area contributed by atoms with Crippen molar-refractivity contribution in [2.45, 2.75) is 23.3 Å². The van der Waals surface area contributed by atoms with Gasteiger partial charge in [-0.2, -0.15) is 0 Å². The molecule has 0 aromatic heterocycles. The number of hydrogen-bond donors (Lipinski definition) is 2. The average molecular weight is 427 g/mol. The van der Waals surface area contributed by atoms with Gasteiger partial charge in [-0.25, -0.2) is 13.1 Å². The summed E-state index contributed by atoms with van der Waals surface area (Å²) in [7, 11) is -3.75. The second-order valence-electron chi connectivity index (χ2n) is 6.47. The molecule has 7 heteroatoms. The van der Waals surface area contributed by atoms with E-state index in [0.717, 1.165) is 10.5 Å². The number of nitrogens with one attached hydrogen (secondary N) is 2. The lowest BCUT2D eigenvalue weighted by Crippen LogP contribution is -2.24. The molecule has 0 spiro atoms. The van der Waals surface area contributed by atoms with Crippen LogP contribution in [-0.2, 0) is 16.6 Å². The zero-order valence-electron chi connectivity index (χ0n) is 16.2. The van der Waals surface area contributed by atoms with Crippen LogP contribution in [0.5, 0.6) is 0 Å². The molecule has 3 aromatic carbocycles. The van der Waals surface area contributed by atoms with Crippen molar-refractivity contribution in [3.8, 4) is 0 Å². The first-order valence-electron chi connectivity index (χ1n) is 8.99. The van der Waals surface area contributed by atoms with E-state index in [9.17, 15) is 13.2 Å². The highest BCUT2D eigenvalue weighted by atomic mass is 32.2. The standard InChI is InChI=1S/C22H22N2O3S2/c1-16-8-13-20(29(26,27)23-15-17-6-4-3-5-7-17)14-21(16)22(25)24-18-9-11-19(28-2)12-10-18/h3-14,23H,15H2,1-2H3,(H,24,25). The van der Waals surface area contributed by atoms with E-state index in [4.69, 9.17) is 0 Å². The summed E-state index contributed by atoms with van der Waals surface area (Å²) < 4.78 is 27.9. The smallest absolute Gasteiger partial charge is 0.255 e. The Bertz CT molecular complexity index is 1100. The molecule has 5 nitrogen and oxygen atoms in total.